The van der Waals surface area contributed by atoms with Crippen LogP contribution in [0.1, 0.15) is 21.7 Å². The Labute approximate surface area is 188 Å². The van der Waals surface area contributed by atoms with Gasteiger partial charge in [0, 0.05) is 24.7 Å². The smallest absolute Gasteiger partial charge is 0.336 e. The summed E-state index contributed by atoms with van der Waals surface area (Å²) in [6, 6.07) is 8.51. The SMILES string of the molecule is COC(=O)[C@H]1CN(c2ccc3c(O)c(C(=O)NCc4ccc(C#N)nc4)ncc3n2)CCO1. The molecule has 0 saturated carbocycles. The molecule has 0 unspecified atom stereocenters. The predicted octanol–water partition coefficient (Wildman–Crippen LogP) is 0.910. The number of aromatic nitrogens is 3. The van der Waals surface area contributed by atoms with Crippen LogP contribution in [-0.4, -0.2) is 64.8 Å². The van der Waals surface area contributed by atoms with E-state index in [4.69, 9.17) is 14.7 Å². The molecule has 1 fully saturated rings. The molecule has 1 saturated heterocycles. The number of fused-ring (bicyclic) bond motifs is 1. The Bertz CT molecular complexity index is 1240. The number of methoxy groups -OCH3 is 1. The van der Waals surface area contributed by atoms with Crippen LogP contribution in [0.2, 0.25) is 0 Å². The Morgan fingerprint density at radius 2 is 2.15 bits per heavy atom. The quantitative estimate of drug-likeness (QED) is 0.539. The van der Waals surface area contributed by atoms with Crippen molar-refractivity contribution in [2.75, 3.05) is 31.7 Å². The van der Waals surface area contributed by atoms with Gasteiger partial charge in [0.2, 0.25) is 0 Å². The van der Waals surface area contributed by atoms with Crippen LogP contribution in [0, 0.1) is 11.3 Å². The highest BCUT2D eigenvalue weighted by Gasteiger charge is 2.28. The molecule has 4 heterocycles. The van der Waals surface area contributed by atoms with Gasteiger partial charge in [0.1, 0.15) is 17.6 Å². The number of nitrogens with zero attached hydrogens (tertiary/aromatic N) is 5. The van der Waals surface area contributed by atoms with Crippen LogP contribution in [0.25, 0.3) is 10.9 Å². The van der Waals surface area contributed by atoms with Crippen molar-refractivity contribution in [2.24, 2.45) is 0 Å². The summed E-state index contributed by atoms with van der Waals surface area (Å²) in [5.74, 6) is -0.702. The second-order valence-corrected chi connectivity index (χ2v) is 7.23. The molecule has 0 radical (unpaired) electrons. The van der Waals surface area contributed by atoms with E-state index < -0.39 is 18.0 Å². The molecule has 0 aromatic carbocycles. The zero-order valence-corrected chi connectivity index (χ0v) is 17.7. The number of aromatic hydroxyl groups is 1. The molecule has 11 heteroatoms. The van der Waals surface area contributed by atoms with E-state index in [1.165, 1.54) is 19.5 Å². The summed E-state index contributed by atoms with van der Waals surface area (Å²) in [6.45, 7) is 1.33. The number of morpholine rings is 1. The number of amides is 1. The van der Waals surface area contributed by atoms with Gasteiger partial charge in [0.25, 0.3) is 5.91 Å². The van der Waals surface area contributed by atoms with E-state index in [9.17, 15) is 14.7 Å². The molecular weight excluding hydrogens is 428 g/mol. The normalized spacial score (nSPS) is 15.6. The lowest BCUT2D eigenvalue weighted by molar-refractivity contribution is -0.154. The van der Waals surface area contributed by atoms with Crippen LogP contribution in [0.15, 0.2) is 36.7 Å². The number of hydrogen-bond acceptors (Lipinski definition) is 10. The molecule has 2 N–H and O–H groups in total. The number of carbonyl (C=O) groups excluding carboxylic acids is 2. The predicted molar refractivity (Wildman–Crippen MR) is 115 cm³/mol. The molecule has 0 bridgehead atoms. The summed E-state index contributed by atoms with van der Waals surface area (Å²) < 4.78 is 10.2. The fraction of sp³-hybridized carbons (Fsp3) is 0.273. The molecule has 33 heavy (non-hydrogen) atoms. The van der Waals surface area contributed by atoms with Crippen molar-refractivity contribution < 1.29 is 24.2 Å². The molecule has 1 aliphatic rings. The van der Waals surface area contributed by atoms with Gasteiger partial charge in [-0.25, -0.2) is 19.7 Å². The van der Waals surface area contributed by atoms with Crippen molar-refractivity contribution in [3.05, 3.63) is 53.6 Å². The van der Waals surface area contributed by atoms with Crippen LogP contribution in [-0.2, 0) is 20.8 Å². The van der Waals surface area contributed by atoms with E-state index in [0.29, 0.717) is 35.4 Å². The number of rotatable bonds is 5. The van der Waals surface area contributed by atoms with Crippen molar-refractivity contribution in [1.29, 1.82) is 5.26 Å². The molecule has 0 spiro atoms. The average Bonchev–Trinajstić information content (AvgIpc) is 2.87. The number of hydrogen-bond donors (Lipinski definition) is 2. The molecule has 168 valence electrons. The molecule has 11 nitrogen and oxygen atoms in total. The molecule has 4 rings (SSSR count). The van der Waals surface area contributed by atoms with Gasteiger partial charge in [-0.15, -0.1) is 0 Å². The van der Waals surface area contributed by atoms with Gasteiger partial charge < -0.3 is 24.8 Å². The minimum absolute atomic E-state index is 0.129. The topological polar surface area (TPSA) is 151 Å². The maximum atomic E-state index is 12.6. The van der Waals surface area contributed by atoms with Gasteiger partial charge in [-0.05, 0) is 23.8 Å². The number of pyridine rings is 3. The van der Waals surface area contributed by atoms with Crippen molar-refractivity contribution >= 4 is 28.6 Å². The Morgan fingerprint density at radius 1 is 1.30 bits per heavy atom. The second-order valence-electron chi connectivity index (χ2n) is 7.23. The summed E-state index contributed by atoms with van der Waals surface area (Å²) in [7, 11) is 1.31. The Hall–Kier alpha value is -4.30. The van der Waals surface area contributed by atoms with E-state index >= 15 is 0 Å². The number of esters is 1. The first-order valence-corrected chi connectivity index (χ1v) is 10.1. The lowest BCUT2D eigenvalue weighted by atomic mass is 10.1. The monoisotopic (exact) mass is 448 g/mol. The van der Waals surface area contributed by atoms with Crippen molar-refractivity contribution in [1.82, 2.24) is 20.3 Å². The summed E-state index contributed by atoms with van der Waals surface area (Å²) in [5, 5.41) is 22.5. The second kappa shape index (κ2) is 9.46. The largest absolute Gasteiger partial charge is 0.505 e. The zero-order chi connectivity index (χ0) is 23.4. The van der Waals surface area contributed by atoms with E-state index in [2.05, 4.69) is 20.3 Å². The maximum absolute atomic E-state index is 12.6. The standard InChI is InChI=1S/C22H20N6O5/c1-32-22(31)17-12-28(6-7-33-17)18-5-4-15-16(27-18)11-25-19(20(15)29)21(30)26-10-13-2-3-14(8-23)24-9-13/h2-5,9,11,17,29H,6-7,10,12H2,1H3,(H,26,30)/t17-/m1/s1. The van der Waals surface area contributed by atoms with Gasteiger partial charge in [-0.3, -0.25) is 4.79 Å². The third kappa shape index (κ3) is 4.65. The summed E-state index contributed by atoms with van der Waals surface area (Å²) >= 11 is 0. The van der Waals surface area contributed by atoms with Gasteiger partial charge in [-0.1, -0.05) is 6.07 Å². The van der Waals surface area contributed by atoms with Gasteiger partial charge in [0.05, 0.1) is 32.0 Å². The van der Waals surface area contributed by atoms with Crippen LogP contribution >= 0.6 is 0 Å². The van der Waals surface area contributed by atoms with Crippen molar-refractivity contribution in [2.45, 2.75) is 12.6 Å². The van der Waals surface area contributed by atoms with Crippen LogP contribution in [0.3, 0.4) is 0 Å². The summed E-state index contributed by atoms with van der Waals surface area (Å²) in [6.07, 6.45) is 2.20. The van der Waals surface area contributed by atoms with E-state index in [0.717, 1.165) is 0 Å². The number of ether oxygens (including phenoxy) is 2. The fourth-order valence-electron chi connectivity index (χ4n) is 3.41. The van der Waals surface area contributed by atoms with Crippen LogP contribution in [0.5, 0.6) is 5.75 Å². The first-order chi connectivity index (χ1) is 16.0. The number of carbonyl (C=O) groups is 2. The lowest BCUT2D eigenvalue weighted by Gasteiger charge is -2.32. The number of nitrogens with one attached hydrogen (secondary N) is 1. The highest BCUT2D eigenvalue weighted by atomic mass is 16.6. The number of anilines is 1. The first kappa shape index (κ1) is 21.9. The Kier molecular flexibility index (Phi) is 6.28. The fourth-order valence-corrected chi connectivity index (χ4v) is 3.41. The minimum atomic E-state index is -0.704. The van der Waals surface area contributed by atoms with E-state index in [1.807, 2.05) is 11.0 Å². The van der Waals surface area contributed by atoms with Crippen LogP contribution in [0.4, 0.5) is 5.82 Å². The van der Waals surface area contributed by atoms with Gasteiger partial charge in [-0.2, -0.15) is 5.26 Å². The maximum Gasteiger partial charge on any atom is 0.336 e. The van der Waals surface area contributed by atoms with Crippen molar-refractivity contribution in [3.63, 3.8) is 0 Å². The highest BCUT2D eigenvalue weighted by Crippen LogP contribution is 2.28. The highest BCUT2D eigenvalue weighted by molar-refractivity contribution is 6.00. The Morgan fingerprint density at radius 3 is 2.88 bits per heavy atom. The average molecular weight is 448 g/mol. The van der Waals surface area contributed by atoms with Gasteiger partial charge >= 0.3 is 5.97 Å². The van der Waals surface area contributed by atoms with E-state index in [-0.39, 0.29) is 30.2 Å². The molecule has 3 aromatic heterocycles. The molecule has 3 aromatic rings. The molecule has 1 amide bonds. The zero-order valence-electron chi connectivity index (χ0n) is 17.7. The first-order valence-electron chi connectivity index (χ1n) is 10.1. The van der Waals surface area contributed by atoms with Crippen LogP contribution < -0.4 is 10.2 Å². The van der Waals surface area contributed by atoms with E-state index in [1.54, 1.807) is 24.3 Å². The van der Waals surface area contributed by atoms with Crippen molar-refractivity contribution in [3.8, 4) is 11.8 Å². The lowest BCUT2D eigenvalue weighted by Crippen LogP contribution is -2.46. The number of nitriles is 1. The molecule has 1 aliphatic heterocycles. The summed E-state index contributed by atoms with van der Waals surface area (Å²) in [4.78, 5) is 38.8. The Balaban J connectivity index is 1.50. The molecule has 1 atom stereocenters. The third-order valence-electron chi connectivity index (χ3n) is 5.17. The third-order valence-corrected chi connectivity index (χ3v) is 5.17. The summed E-state index contributed by atoms with van der Waals surface area (Å²) in [5.41, 5.74) is 1.25. The minimum Gasteiger partial charge on any atom is -0.505 e. The molecule has 0 aliphatic carbocycles. The van der Waals surface area contributed by atoms with Gasteiger partial charge in [0.15, 0.2) is 17.5 Å². The molecular formula is C22H20N6O5.